The van der Waals surface area contributed by atoms with Gasteiger partial charge in [-0.05, 0) is 36.5 Å². The molecule has 2 N–H and O–H groups in total. The van der Waals surface area contributed by atoms with Crippen molar-refractivity contribution >= 4 is 16.6 Å². The largest absolute Gasteiger partial charge is 0.383 e. The lowest BCUT2D eigenvalue weighted by molar-refractivity contribution is 0.0699. The van der Waals surface area contributed by atoms with E-state index in [1.807, 2.05) is 6.07 Å². The molecule has 1 aliphatic rings. The summed E-state index contributed by atoms with van der Waals surface area (Å²) in [5.41, 5.74) is 4.77. The van der Waals surface area contributed by atoms with Gasteiger partial charge in [-0.15, -0.1) is 0 Å². The standard InChI is InChI=1S/C20H22N2O/c1-2-5-16(6-3-1)19-13-17-7-4-8-18(20(17)22-19)21-14-15-9-11-23-12-10-15/h1-8,13,15,21-22H,9-12,14H2. The lowest BCUT2D eigenvalue weighted by atomic mass is 10.0. The Kier molecular flexibility index (Phi) is 4.03. The SMILES string of the molecule is c1ccc(-c2cc3cccc(NCC4CCOCC4)c3[nH]2)cc1. The van der Waals surface area contributed by atoms with Crippen LogP contribution in [-0.4, -0.2) is 24.7 Å². The number of rotatable bonds is 4. The van der Waals surface area contributed by atoms with Crippen molar-refractivity contribution in [2.75, 3.05) is 25.1 Å². The normalized spacial score (nSPS) is 15.8. The van der Waals surface area contributed by atoms with Gasteiger partial charge in [0.05, 0.1) is 11.2 Å². The lowest BCUT2D eigenvalue weighted by Gasteiger charge is -2.22. The van der Waals surface area contributed by atoms with Gasteiger partial charge >= 0.3 is 0 Å². The molecule has 0 spiro atoms. The van der Waals surface area contributed by atoms with Crippen molar-refractivity contribution in [2.45, 2.75) is 12.8 Å². The fraction of sp³-hybridized carbons (Fsp3) is 0.300. The first kappa shape index (κ1) is 14.3. The van der Waals surface area contributed by atoms with Gasteiger partial charge in [0.15, 0.2) is 0 Å². The average Bonchev–Trinajstić information content (AvgIpc) is 3.06. The predicted molar refractivity (Wildman–Crippen MR) is 95.8 cm³/mol. The first-order valence-corrected chi connectivity index (χ1v) is 8.39. The first-order chi connectivity index (χ1) is 11.4. The zero-order valence-electron chi connectivity index (χ0n) is 13.2. The van der Waals surface area contributed by atoms with Crippen LogP contribution in [0.1, 0.15) is 12.8 Å². The fourth-order valence-corrected chi connectivity index (χ4v) is 3.28. The van der Waals surface area contributed by atoms with Crippen molar-refractivity contribution in [2.24, 2.45) is 5.92 Å². The molecule has 1 saturated heterocycles. The minimum atomic E-state index is 0.711. The summed E-state index contributed by atoms with van der Waals surface area (Å²) in [4.78, 5) is 3.58. The maximum Gasteiger partial charge on any atom is 0.0694 e. The van der Waals surface area contributed by atoms with Crippen LogP contribution >= 0.6 is 0 Å². The van der Waals surface area contributed by atoms with Crippen molar-refractivity contribution in [3.05, 3.63) is 54.6 Å². The van der Waals surface area contributed by atoms with Crippen molar-refractivity contribution in [1.29, 1.82) is 0 Å². The highest BCUT2D eigenvalue weighted by Gasteiger charge is 2.14. The topological polar surface area (TPSA) is 37.0 Å². The summed E-state index contributed by atoms with van der Waals surface area (Å²) in [7, 11) is 0. The Morgan fingerprint density at radius 2 is 1.83 bits per heavy atom. The minimum Gasteiger partial charge on any atom is -0.383 e. The van der Waals surface area contributed by atoms with Gasteiger partial charge in [0, 0.05) is 30.8 Å². The van der Waals surface area contributed by atoms with Crippen molar-refractivity contribution in [3.8, 4) is 11.3 Å². The second kappa shape index (κ2) is 6.47. The van der Waals surface area contributed by atoms with E-state index < -0.39 is 0 Å². The number of nitrogens with one attached hydrogen (secondary N) is 2. The zero-order chi connectivity index (χ0) is 15.5. The number of ether oxygens (including phenoxy) is 1. The molecule has 2 aromatic carbocycles. The maximum absolute atomic E-state index is 5.44. The van der Waals surface area contributed by atoms with E-state index in [1.54, 1.807) is 0 Å². The van der Waals surface area contributed by atoms with Crippen molar-refractivity contribution in [1.82, 2.24) is 4.98 Å². The van der Waals surface area contributed by atoms with E-state index in [-0.39, 0.29) is 0 Å². The summed E-state index contributed by atoms with van der Waals surface area (Å²) in [6.07, 6.45) is 2.31. The molecule has 0 amide bonds. The molecule has 3 heteroatoms. The molecule has 4 rings (SSSR count). The van der Waals surface area contributed by atoms with Gasteiger partial charge in [-0.1, -0.05) is 42.5 Å². The first-order valence-electron chi connectivity index (χ1n) is 8.39. The average molecular weight is 306 g/mol. The van der Waals surface area contributed by atoms with Crippen LogP contribution in [0.3, 0.4) is 0 Å². The van der Waals surface area contributed by atoms with Crippen molar-refractivity contribution < 1.29 is 4.74 Å². The molecule has 118 valence electrons. The Balaban J connectivity index is 1.58. The van der Waals surface area contributed by atoms with Gasteiger partial charge in [-0.3, -0.25) is 0 Å². The summed E-state index contributed by atoms with van der Waals surface area (Å²) in [5, 5.41) is 4.89. The molecule has 3 aromatic rings. The number of H-pyrrole nitrogens is 1. The molecule has 1 aromatic heterocycles. The van der Waals surface area contributed by atoms with Crippen LogP contribution in [0.25, 0.3) is 22.2 Å². The number of aromatic amines is 1. The third-order valence-corrected chi connectivity index (χ3v) is 4.66. The van der Waals surface area contributed by atoms with E-state index in [0.29, 0.717) is 5.92 Å². The van der Waals surface area contributed by atoms with Crippen LogP contribution in [0.15, 0.2) is 54.6 Å². The van der Waals surface area contributed by atoms with Crippen molar-refractivity contribution in [3.63, 3.8) is 0 Å². The molecule has 0 bridgehead atoms. The molecule has 3 nitrogen and oxygen atoms in total. The number of benzene rings is 2. The number of aromatic nitrogens is 1. The van der Waals surface area contributed by atoms with E-state index >= 15 is 0 Å². The smallest absolute Gasteiger partial charge is 0.0694 e. The van der Waals surface area contributed by atoms with Crippen LogP contribution < -0.4 is 5.32 Å². The van der Waals surface area contributed by atoms with Crippen LogP contribution in [0.5, 0.6) is 0 Å². The summed E-state index contributed by atoms with van der Waals surface area (Å²) in [5.74, 6) is 0.711. The molecule has 0 aliphatic carbocycles. The summed E-state index contributed by atoms with van der Waals surface area (Å²) in [6.45, 7) is 2.82. The quantitative estimate of drug-likeness (QED) is 0.734. The van der Waals surface area contributed by atoms with Crippen LogP contribution in [0.2, 0.25) is 0 Å². The summed E-state index contributed by atoms with van der Waals surface area (Å²) in [6, 6.07) is 19.1. The van der Waals surface area contributed by atoms with Gasteiger partial charge in [-0.2, -0.15) is 0 Å². The molecule has 1 aliphatic heterocycles. The lowest BCUT2D eigenvalue weighted by Crippen LogP contribution is -2.22. The van der Waals surface area contributed by atoms with Crippen LogP contribution in [0.4, 0.5) is 5.69 Å². The van der Waals surface area contributed by atoms with Gasteiger partial charge in [-0.25, -0.2) is 0 Å². The number of hydrogen-bond acceptors (Lipinski definition) is 2. The molecule has 23 heavy (non-hydrogen) atoms. The maximum atomic E-state index is 5.44. The zero-order valence-corrected chi connectivity index (χ0v) is 13.2. The Hall–Kier alpha value is -2.26. The predicted octanol–water partition coefficient (Wildman–Crippen LogP) is 4.67. The molecule has 0 unspecified atom stereocenters. The number of para-hydroxylation sites is 1. The molecule has 2 heterocycles. The highest BCUT2D eigenvalue weighted by molar-refractivity contribution is 5.94. The van der Waals surface area contributed by atoms with Gasteiger partial charge in [0.1, 0.15) is 0 Å². The van der Waals surface area contributed by atoms with Crippen LogP contribution in [0, 0.1) is 5.92 Å². The van der Waals surface area contributed by atoms with E-state index in [4.69, 9.17) is 4.74 Å². The second-order valence-corrected chi connectivity index (χ2v) is 6.26. The summed E-state index contributed by atoms with van der Waals surface area (Å²) < 4.78 is 5.44. The third kappa shape index (κ3) is 3.10. The third-order valence-electron chi connectivity index (χ3n) is 4.66. The number of hydrogen-bond donors (Lipinski definition) is 2. The molecule has 0 radical (unpaired) electrons. The highest BCUT2D eigenvalue weighted by Crippen LogP contribution is 2.29. The molecule has 0 atom stereocenters. The molecular formula is C20H22N2O. The molecule has 0 saturated carbocycles. The van der Waals surface area contributed by atoms with E-state index in [9.17, 15) is 0 Å². The van der Waals surface area contributed by atoms with E-state index in [1.165, 1.54) is 27.8 Å². The molecular weight excluding hydrogens is 284 g/mol. The minimum absolute atomic E-state index is 0.711. The van der Waals surface area contributed by atoms with Gasteiger partial charge in [0.25, 0.3) is 0 Å². The van der Waals surface area contributed by atoms with E-state index in [0.717, 1.165) is 32.6 Å². The Morgan fingerprint density at radius 1 is 1.00 bits per heavy atom. The Labute approximate surface area is 136 Å². The summed E-state index contributed by atoms with van der Waals surface area (Å²) >= 11 is 0. The Bertz CT molecular complexity index is 773. The number of anilines is 1. The van der Waals surface area contributed by atoms with E-state index in [2.05, 4.69) is 58.8 Å². The van der Waals surface area contributed by atoms with Crippen LogP contribution in [-0.2, 0) is 4.74 Å². The fourth-order valence-electron chi connectivity index (χ4n) is 3.28. The highest BCUT2D eigenvalue weighted by atomic mass is 16.5. The second-order valence-electron chi connectivity index (χ2n) is 6.26. The van der Waals surface area contributed by atoms with Gasteiger partial charge < -0.3 is 15.0 Å². The number of fused-ring (bicyclic) bond motifs is 1. The van der Waals surface area contributed by atoms with Gasteiger partial charge in [0.2, 0.25) is 0 Å². The monoisotopic (exact) mass is 306 g/mol. The Morgan fingerprint density at radius 3 is 2.65 bits per heavy atom. The molecule has 1 fully saturated rings.